The molecular formula is C11H16N6O. The number of aromatic amines is 1. The van der Waals surface area contributed by atoms with Crippen molar-refractivity contribution in [2.75, 3.05) is 26.2 Å². The van der Waals surface area contributed by atoms with Gasteiger partial charge in [-0.25, -0.2) is 0 Å². The van der Waals surface area contributed by atoms with Crippen LogP contribution in [0.2, 0.25) is 0 Å². The van der Waals surface area contributed by atoms with Crippen molar-refractivity contribution < 1.29 is 4.52 Å². The highest BCUT2D eigenvalue weighted by Gasteiger charge is 2.16. The van der Waals surface area contributed by atoms with Crippen LogP contribution in [0.25, 0.3) is 11.5 Å². The number of nitrogens with zero attached hydrogens (tertiary/aromatic N) is 4. The summed E-state index contributed by atoms with van der Waals surface area (Å²) in [5.74, 6) is 1.26. The maximum atomic E-state index is 5.27. The fourth-order valence-electron chi connectivity index (χ4n) is 2.06. The molecule has 18 heavy (non-hydrogen) atoms. The lowest BCUT2D eigenvalue weighted by Crippen LogP contribution is -2.43. The number of hydrogen-bond acceptors (Lipinski definition) is 6. The molecule has 1 saturated heterocycles. The zero-order valence-corrected chi connectivity index (χ0v) is 10.3. The summed E-state index contributed by atoms with van der Waals surface area (Å²) in [6.45, 7) is 6.75. The van der Waals surface area contributed by atoms with Crippen molar-refractivity contribution in [2.45, 2.75) is 13.5 Å². The summed E-state index contributed by atoms with van der Waals surface area (Å²) in [5, 5.41) is 14.1. The smallest absolute Gasteiger partial charge is 0.261 e. The lowest BCUT2D eigenvalue weighted by atomic mass is 10.3. The Morgan fingerprint density at radius 1 is 1.39 bits per heavy atom. The van der Waals surface area contributed by atoms with Crippen molar-refractivity contribution in [1.82, 2.24) is 30.6 Å². The highest BCUT2D eigenvalue weighted by Crippen LogP contribution is 2.19. The van der Waals surface area contributed by atoms with Crippen LogP contribution < -0.4 is 5.32 Å². The maximum absolute atomic E-state index is 5.27. The first-order valence-corrected chi connectivity index (χ1v) is 6.09. The summed E-state index contributed by atoms with van der Waals surface area (Å²) >= 11 is 0. The average molecular weight is 248 g/mol. The molecule has 0 radical (unpaired) electrons. The number of piperazine rings is 1. The van der Waals surface area contributed by atoms with Crippen molar-refractivity contribution >= 4 is 0 Å². The van der Waals surface area contributed by atoms with Gasteiger partial charge >= 0.3 is 0 Å². The van der Waals surface area contributed by atoms with E-state index in [2.05, 4.69) is 30.6 Å². The molecule has 0 aliphatic carbocycles. The van der Waals surface area contributed by atoms with Gasteiger partial charge < -0.3 is 9.84 Å². The van der Waals surface area contributed by atoms with Crippen LogP contribution in [-0.4, -0.2) is 51.4 Å². The molecule has 0 bridgehead atoms. The van der Waals surface area contributed by atoms with E-state index in [-0.39, 0.29) is 0 Å². The number of rotatable bonds is 3. The van der Waals surface area contributed by atoms with E-state index in [9.17, 15) is 0 Å². The molecule has 3 heterocycles. The van der Waals surface area contributed by atoms with Crippen molar-refractivity contribution in [3.63, 3.8) is 0 Å². The van der Waals surface area contributed by atoms with Crippen LogP contribution in [0.4, 0.5) is 0 Å². The van der Waals surface area contributed by atoms with Crippen molar-refractivity contribution in [3.8, 4) is 11.5 Å². The first kappa shape index (κ1) is 11.4. The van der Waals surface area contributed by atoms with Crippen LogP contribution in [0.5, 0.6) is 0 Å². The molecule has 7 nitrogen and oxygen atoms in total. The fourth-order valence-corrected chi connectivity index (χ4v) is 2.06. The number of nitrogens with one attached hydrogen (secondary N) is 2. The number of aromatic nitrogens is 4. The molecule has 0 amide bonds. The minimum absolute atomic E-state index is 0.534. The van der Waals surface area contributed by atoms with Crippen molar-refractivity contribution in [1.29, 1.82) is 0 Å². The summed E-state index contributed by atoms with van der Waals surface area (Å²) in [7, 11) is 0. The van der Waals surface area contributed by atoms with Gasteiger partial charge in [-0.1, -0.05) is 5.16 Å². The summed E-state index contributed by atoms with van der Waals surface area (Å²) < 4.78 is 5.27. The molecule has 2 aromatic rings. The predicted octanol–water partition coefficient (Wildman–Crippen LogP) is 0.173. The summed E-state index contributed by atoms with van der Waals surface area (Å²) in [6.07, 6.45) is 1.71. The van der Waals surface area contributed by atoms with Crippen LogP contribution in [0.15, 0.2) is 10.7 Å². The Bertz CT molecular complexity index is 513. The zero-order chi connectivity index (χ0) is 12.4. The van der Waals surface area contributed by atoms with Gasteiger partial charge in [0.05, 0.1) is 18.3 Å². The molecule has 0 spiro atoms. The fraction of sp³-hybridized carbons (Fsp3) is 0.545. The first-order chi connectivity index (χ1) is 8.83. The Hall–Kier alpha value is -1.73. The molecule has 0 saturated carbocycles. The van der Waals surface area contributed by atoms with Gasteiger partial charge in [0, 0.05) is 31.9 Å². The molecule has 1 aliphatic rings. The van der Waals surface area contributed by atoms with E-state index in [4.69, 9.17) is 4.52 Å². The van der Waals surface area contributed by atoms with Gasteiger partial charge in [-0.15, -0.1) is 0 Å². The Morgan fingerprint density at radius 2 is 2.22 bits per heavy atom. The maximum Gasteiger partial charge on any atom is 0.261 e. The lowest BCUT2D eigenvalue weighted by Gasteiger charge is -2.25. The van der Waals surface area contributed by atoms with E-state index in [0.29, 0.717) is 5.89 Å². The molecule has 1 aliphatic heterocycles. The van der Waals surface area contributed by atoms with Gasteiger partial charge in [-0.3, -0.25) is 10.00 Å². The minimum Gasteiger partial charge on any atom is -0.334 e. The van der Waals surface area contributed by atoms with Gasteiger partial charge in [0.15, 0.2) is 5.82 Å². The predicted molar refractivity (Wildman–Crippen MR) is 64.8 cm³/mol. The van der Waals surface area contributed by atoms with Gasteiger partial charge in [-0.2, -0.15) is 10.1 Å². The quantitative estimate of drug-likeness (QED) is 0.806. The highest BCUT2D eigenvalue weighted by atomic mass is 16.5. The standard InChI is InChI=1S/C11H16N6O/c1-8-9(6-13-15-8)11-14-10(16-18-11)7-17-4-2-12-3-5-17/h6,12H,2-5,7H2,1H3,(H,13,15). The summed E-state index contributed by atoms with van der Waals surface area (Å²) in [5.41, 5.74) is 1.81. The average Bonchev–Trinajstić information content (AvgIpc) is 2.99. The van der Waals surface area contributed by atoms with E-state index >= 15 is 0 Å². The van der Waals surface area contributed by atoms with Gasteiger partial charge in [0.1, 0.15) is 0 Å². The van der Waals surface area contributed by atoms with E-state index in [0.717, 1.165) is 49.8 Å². The normalized spacial score (nSPS) is 17.2. The third-order valence-electron chi connectivity index (χ3n) is 3.10. The van der Waals surface area contributed by atoms with Crippen molar-refractivity contribution in [2.24, 2.45) is 0 Å². The van der Waals surface area contributed by atoms with Crippen LogP contribution in [-0.2, 0) is 6.54 Å². The Labute approximate surface area is 105 Å². The van der Waals surface area contributed by atoms with Crippen LogP contribution in [0.3, 0.4) is 0 Å². The second-order valence-electron chi connectivity index (χ2n) is 4.45. The van der Waals surface area contributed by atoms with Gasteiger partial charge in [0.25, 0.3) is 5.89 Å². The molecule has 0 unspecified atom stereocenters. The molecule has 0 aromatic carbocycles. The molecule has 96 valence electrons. The van der Waals surface area contributed by atoms with E-state index < -0.39 is 0 Å². The number of hydrogen-bond donors (Lipinski definition) is 2. The molecule has 1 fully saturated rings. The topological polar surface area (TPSA) is 82.9 Å². The molecular weight excluding hydrogens is 232 g/mol. The number of aryl methyl sites for hydroxylation is 1. The summed E-state index contributed by atoms with van der Waals surface area (Å²) in [6, 6.07) is 0. The minimum atomic E-state index is 0.534. The Morgan fingerprint density at radius 3 is 2.94 bits per heavy atom. The van der Waals surface area contributed by atoms with E-state index in [1.165, 1.54) is 0 Å². The van der Waals surface area contributed by atoms with E-state index in [1.807, 2.05) is 6.92 Å². The monoisotopic (exact) mass is 248 g/mol. The molecule has 0 atom stereocenters. The van der Waals surface area contributed by atoms with Crippen LogP contribution in [0.1, 0.15) is 11.5 Å². The molecule has 7 heteroatoms. The number of H-pyrrole nitrogens is 1. The van der Waals surface area contributed by atoms with E-state index in [1.54, 1.807) is 6.20 Å². The second-order valence-corrected chi connectivity index (χ2v) is 4.45. The van der Waals surface area contributed by atoms with Crippen LogP contribution in [0, 0.1) is 6.92 Å². The molecule has 3 rings (SSSR count). The third-order valence-corrected chi connectivity index (χ3v) is 3.10. The molecule has 2 aromatic heterocycles. The second kappa shape index (κ2) is 4.87. The van der Waals surface area contributed by atoms with Gasteiger partial charge in [0.2, 0.25) is 0 Å². The lowest BCUT2D eigenvalue weighted by molar-refractivity contribution is 0.225. The highest BCUT2D eigenvalue weighted by molar-refractivity contribution is 5.54. The Kier molecular flexibility index (Phi) is 3.07. The third kappa shape index (κ3) is 2.27. The molecule has 2 N–H and O–H groups in total. The Balaban J connectivity index is 1.71. The summed E-state index contributed by atoms with van der Waals surface area (Å²) in [4.78, 5) is 6.72. The first-order valence-electron chi connectivity index (χ1n) is 6.09. The SMILES string of the molecule is Cc1[nH]ncc1-c1nc(CN2CCNCC2)no1. The van der Waals surface area contributed by atoms with Gasteiger partial charge in [-0.05, 0) is 6.92 Å². The van der Waals surface area contributed by atoms with Crippen molar-refractivity contribution in [3.05, 3.63) is 17.7 Å². The largest absolute Gasteiger partial charge is 0.334 e. The van der Waals surface area contributed by atoms with Crippen LogP contribution >= 0.6 is 0 Å². The zero-order valence-electron chi connectivity index (χ0n) is 10.3.